The zero-order chi connectivity index (χ0) is 20.5. The van der Waals surface area contributed by atoms with Gasteiger partial charge < -0.3 is 4.74 Å². The third-order valence-corrected chi connectivity index (χ3v) is 5.41. The van der Waals surface area contributed by atoms with Crippen LogP contribution < -0.4 is 10.3 Å². The molecule has 146 valence electrons. The molecule has 0 bridgehead atoms. The Morgan fingerprint density at radius 2 is 1.83 bits per heavy atom. The van der Waals surface area contributed by atoms with Crippen LogP contribution in [0.1, 0.15) is 15.4 Å². The standard InChI is InChI=1S/C21H16FN3O3S/c1-12-23-19-20(29-12)18(14-3-7-15(22)8-4-14)24-25(21(19)27)11-17(26)13-5-9-16(28-2)10-6-13/h3-10H,11H2,1-2H3. The second kappa shape index (κ2) is 7.56. The van der Waals surface area contributed by atoms with Crippen molar-refractivity contribution in [2.24, 2.45) is 0 Å². The van der Waals surface area contributed by atoms with Gasteiger partial charge in [-0.3, -0.25) is 9.59 Å². The molecule has 8 heteroatoms. The zero-order valence-corrected chi connectivity index (χ0v) is 16.5. The number of fused-ring (bicyclic) bond motifs is 1. The van der Waals surface area contributed by atoms with Gasteiger partial charge in [-0.15, -0.1) is 11.3 Å². The number of ether oxygens (including phenoxy) is 1. The van der Waals surface area contributed by atoms with Gasteiger partial charge in [-0.1, -0.05) is 0 Å². The maximum absolute atomic E-state index is 13.3. The smallest absolute Gasteiger partial charge is 0.294 e. The zero-order valence-electron chi connectivity index (χ0n) is 15.7. The molecule has 0 saturated carbocycles. The Hall–Kier alpha value is -3.39. The molecule has 0 fully saturated rings. The maximum Gasteiger partial charge on any atom is 0.294 e. The molecule has 2 heterocycles. The van der Waals surface area contributed by atoms with Gasteiger partial charge in [-0.05, 0) is 55.5 Å². The second-order valence-electron chi connectivity index (χ2n) is 6.38. The van der Waals surface area contributed by atoms with Crippen LogP contribution >= 0.6 is 11.3 Å². The molecule has 4 rings (SSSR count). The van der Waals surface area contributed by atoms with Gasteiger partial charge in [0.1, 0.15) is 23.8 Å². The van der Waals surface area contributed by atoms with Crippen LogP contribution in [0.5, 0.6) is 5.75 Å². The highest BCUT2D eigenvalue weighted by molar-refractivity contribution is 7.19. The van der Waals surface area contributed by atoms with E-state index < -0.39 is 5.56 Å². The average molecular weight is 409 g/mol. The minimum Gasteiger partial charge on any atom is -0.497 e. The van der Waals surface area contributed by atoms with Crippen LogP contribution in [0.3, 0.4) is 0 Å². The molecule has 2 aromatic heterocycles. The highest BCUT2D eigenvalue weighted by atomic mass is 32.1. The Morgan fingerprint density at radius 3 is 2.48 bits per heavy atom. The van der Waals surface area contributed by atoms with Crippen LogP contribution in [0.15, 0.2) is 53.3 Å². The van der Waals surface area contributed by atoms with E-state index in [0.717, 1.165) is 4.68 Å². The Labute approximate surface area is 169 Å². The second-order valence-corrected chi connectivity index (χ2v) is 7.58. The first kappa shape index (κ1) is 18.9. The molecule has 0 saturated heterocycles. The molecule has 0 aliphatic rings. The molecule has 0 spiro atoms. The van der Waals surface area contributed by atoms with E-state index in [9.17, 15) is 14.0 Å². The summed E-state index contributed by atoms with van der Waals surface area (Å²) in [5, 5.41) is 5.13. The predicted molar refractivity (Wildman–Crippen MR) is 109 cm³/mol. The Balaban J connectivity index is 1.79. The van der Waals surface area contributed by atoms with Crippen molar-refractivity contribution in [3.05, 3.63) is 75.3 Å². The highest BCUT2D eigenvalue weighted by Crippen LogP contribution is 2.29. The van der Waals surface area contributed by atoms with E-state index in [1.807, 2.05) is 0 Å². The fraction of sp³-hybridized carbons (Fsp3) is 0.143. The Morgan fingerprint density at radius 1 is 1.14 bits per heavy atom. The topological polar surface area (TPSA) is 74.1 Å². The number of nitrogens with zero attached hydrogens (tertiary/aromatic N) is 3. The molecular formula is C21H16FN3O3S. The van der Waals surface area contributed by atoms with Crippen molar-refractivity contribution in [3.8, 4) is 17.0 Å². The number of Topliss-reactive ketones (excluding diaryl/α,β-unsaturated/α-hetero) is 1. The fourth-order valence-electron chi connectivity index (χ4n) is 2.97. The van der Waals surface area contributed by atoms with Gasteiger partial charge in [0.15, 0.2) is 11.3 Å². The van der Waals surface area contributed by atoms with Crippen LogP contribution in [0.4, 0.5) is 4.39 Å². The highest BCUT2D eigenvalue weighted by Gasteiger charge is 2.18. The van der Waals surface area contributed by atoms with E-state index in [2.05, 4.69) is 10.1 Å². The number of methoxy groups -OCH3 is 1. The minimum atomic E-state index is -0.433. The van der Waals surface area contributed by atoms with Crippen molar-refractivity contribution in [2.45, 2.75) is 13.5 Å². The third-order valence-electron chi connectivity index (χ3n) is 4.43. The summed E-state index contributed by atoms with van der Waals surface area (Å²) in [6.07, 6.45) is 0. The molecule has 2 aromatic carbocycles. The van der Waals surface area contributed by atoms with Crippen LogP contribution in [-0.2, 0) is 6.54 Å². The summed E-state index contributed by atoms with van der Waals surface area (Å²) in [6.45, 7) is 1.57. The number of carbonyl (C=O) groups is 1. The number of rotatable bonds is 5. The first-order valence-corrected chi connectivity index (χ1v) is 9.59. The van der Waals surface area contributed by atoms with E-state index in [0.29, 0.717) is 32.3 Å². The molecular weight excluding hydrogens is 393 g/mol. The van der Waals surface area contributed by atoms with Crippen molar-refractivity contribution in [1.29, 1.82) is 0 Å². The quantitative estimate of drug-likeness (QED) is 0.468. The number of carbonyl (C=O) groups excluding carboxylic acids is 1. The Kier molecular flexibility index (Phi) is 4.94. The van der Waals surface area contributed by atoms with Gasteiger partial charge >= 0.3 is 0 Å². The number of aromatic nitrogens is 3. The predicted octanol–water partition coefficient (Wildman–Crippen LogP) is 3.86. The fourth-order valence-corrected chi connectivity index (χ4v) is 3.89. The molecule has 6 nitrogen and oxygen atoms in total. The van der Waals surface area contributed by atoms with Crippen molar-refractivity contribution in [3.63, 3.8) is 0 Å². The number of aryl methyl sites for hydroxylation is 1. The molecule has 0 N–H and O–H groups in total. The lowest BCUT2D eigenvalue weighted by Crippen LogP contribution is -2.27. The van der Waals surface area contributed by atoms with E-state index in [1.54, 1.807) is 50.4 Å². The molecule has 4 aromatic rings. The van der Waals surface area contributed by atoms with Crippen molar-refractivity contribution in [2.75, 3.05) is 7.11 Å². The van der Waals surface area contributed by atoms with Gasteiger partial charge in [0.05, 0.1) is 16.8 Å². The van der Waals surface area contributed by atoms with Crippen molar-refractivity contribution < 1.29 is 13.9 Å². The molecule has 0 radical (unpaired) electrons. The maximum atomic E-state index is 13.3. The molecule has 0 unspecified atom stereocenters. The average Bonchev–Trinajstić information content (AvgIpc) is 3.13. The number of benzene rings is 2. The van der Waals surface area contributed by atoms with Gasteiger partial charge in [0, 0.05) is 11.1 Å². The number of thiazole rings is 1. The molecule has 0 aliphatic carbocycles. The van der Waals surface area contributed by atoms with Crippen LogP contribution in [0.25, 0.3) is 21.5 Å². The summed E-state index contributed by atoms with van der Waals surface area (Å²) in [5.74, 6) is 0.00176. The van der Waals surface area contributed by atoms with Crippen LogP contribution in [-0.4, -0.2) is 27.7 Å². The molecule has 0 atom stereocenters. The number of hydrogen-bond acceptors (Lipinski definition) is 6. The van der Waals surface area contributed by atoms with Gasteiger partial charge in [0.2, 0.25) is 0 Å². The number of halogens is 1. The lowest BCUT2D eigenvalue weighted by molar-refractivity contribution is 0.0966. The third kappa shape index (κ3) is 3.66. The van der Waals surface area contributed by atoms with Crippen molar-refractivity contribution in [1.82, 2.24) is 14.8 Å². The molecule has 0 aliphatic heterocycles. The summed E-state index contributed by atoms with van der Waals surface area (Å²) in [6, 6.07) is 12.5. The van der Waals surface area contributed by atoms with Gasteiger partial charge in [-0.25, -0.2) is 14.1 Å². The molecule has 0 amide bonds. The summed E-state index contributed by atoms with van der Waals surface area (Å²) in [4.78, 5) is 29.9. The first-order valence-electron chi connectivity index (χ1n) is 8.77. The Bertz CT molecular complexity index is 1260. The lowest BCUT2D eigenvalue weighted by Gasteiger charge is -2.09. The number of ketones is 1. The van der Waals surface area contributed by atoms with Gasteiger partial charge in [0.25, 0.3) is 5.56 Å². The normalized spacial score (nSPS) is 11.0. The summed E-state index contributed by atoms with van der Waals surface area (Å²) < 4.78 is 20.2. The van der Waals surface area contributed by atoms with Crippen molar-refractivity contribution >= 4 is 27.3 Å². The van der Waals surface area contributed by atoms with E-state index in [4.69, 9.17) is 4.74 Å². The van der Waals surface area contributed by atoms with Crippen LogP contribution in [0, 0.1) is 12.7 Å². The van der Waals surface area contributed by atoms with E-state index >= 15 is 0 Å². The monoisotopic (exact) mass is 409 g/mol. The molecule has 29 heavy (non-hydrogen) atoms. The summed E-state index contributed by atoms with van der Waals surface area (Å²) in [5.41, 5.74) is 1.40. The van der Waals surface area contributed by atoms with E-state index in [1.165, 1.54) is 23.5 Å². The van der Waals surface area contributed by atoms with Gasteiger partial charge in [-0.2, -0.15) is 5.10 Å². The van der Waals surface area contributed by atoms with E-state index in [-0.39, 0.29) is 23.7 Å². The lowest BCUT2D eigenvalue weighted by atomic mass is 10.1. The summed E-state index contributed by atoms with van der Waals surface area (Å²) in [7, 11) is 1.54. The SMILES string of the molecule is COc1ccc(C(=O)Cn2nc(-c3ccc(F)cc3)c3sc(C)nc3c2=O)cc1. The largest absolute Gasteiger partial charge is 0.497 e. The number of hydrogen-bond donors (Lipinski definition) is 0. The van der Waals surface area contributed by atoms with Crippen LogP contribution in [0.2, 0.25) is 0 Å². The first-order chi connectivity index (χ1) is 14.0. The summed E-state index contributed by atoms with van der Waals surface area (Å²) >= 11 is 1.34. The minimum absolute atomic E-state index is 0.230.